The molecule has 0 bridgehead atoms. The number of aromatic nitrogens is 3. The van der Waals surface area contributed by atoms with Gasteiger partial charge in [-0.25, -0.2) is 4.98 Å². The third-order valence-electron chi connectivity index (χ3n) is 3.22. The van der Waals surface area contributed by atoms with E-state index in [2.05, 4.69) is 26.6 Å². The summed E-state index contributed by atoms with van der Waals surface area (Å²) in [7, 11) is 0. The van der Waals surface area contributed by atoms with Crippen molar-refractivity contribution < 1.29 is 4.79 Å². The number of aryl methyl sites for hydroxylation is 1. The van der Waals surface area contributed by atoms with Gasteiger partial charge in [0.1, 0.15) is 5.82 Å². The maximum absolute atomic E-state index is 11.9. The van der Waals surface area contributed by atoms with Crippen LogP contribution in [-0.2, 0) is 6.42 Å². The number of amides is 1. The number of hydrogen-bond acceptors (Lipinski definition) is 4. The molecule has 2 atom stereocenters. The van der Waals surface area contributed by atoms with Crippen LogP contribution in [-0.4, -0.2) is 27.1 Å². The molecule has 0 spiro atoms. The van der Waals surface area contributed by atoms with E-state index >= 15 is 0 Å². The molecule has 2 N–H and O–H groups in total. The second-order valence-corrected chi connectivity index (χ2v) is 4.60. The van der Waals surface area contributed by atoms with E-state index in [4.69, 9.17) is 5.26 Å². The summed E-state index contributed by atoms with van der Waals surface area (Å²) in [5.41, 5.74) is 0. The van der Waals surface area contributed by atoms with Gasteiger partial charge in [-0.15, -0.1) is 5.10 Å². The minimum absolute atomic E-state index is 0.0596. The summed E-state index contributed by atoms with van der Waals surface area (Å²) in [6.07, 6.45) is 4.44. The Labute approximate surface area is 106 Å². The number of nitriles is 1. The molecule has 1 aliphatic carbocycles. The summed E-state index contributed by atoms with van der Waals surface area (Å²) in [5, 5.41) is 18.4. The van der Waals surface area contributed by atoms with Crippen LogP contribution in [0.3, 0.4) is 0 Å². The van der Waals surface area contributed by atoms with Crippen molar-refractivity contribution >= 4 is 5.91 Å². The molecule has 2 unspecified atom stereocenters. The van der Waals surface area contributed by atoms with Crippen molar-refractivity contribution in [3.8, 4) is 6.07 Å². The Bertz CT molecular complexity index is 461. The SMILES string of the molecule is CCCc1nc(C(=O)NC2CCCC2C#N)n[nH]1. The molecular weight excluding hydrogens is 230 g/mol. The second kappa shape index (κ2) is 5.63. The molecule has 2 rings (SSSR count). The van der Waals surface area contributed by atoms with Crippen molar-refractivity contribution in [2.24, 2.45) is 5.92 Å². The van der Waals surface area contributed by atoms with Gasteiger partial charge < -0.3 is 5.32 Å². The highest BCUT2D eigenvalue weighted by molar-refractivity contribution is 5.90. The Balaban J connectivity index is 1.96. The lowest BCUT2D eigenvalue weighted by molar-refractivity contribution is 0.0922. The third kappa shape index (κ3) is 2.67. The van der Waals surface area contributed by atoms with Crippen LogP contribution < -0.4 is 5.32 Å². The van der Waals surface area contributed by atoms with Crippen LogP contribution in [0.5, 0.6) is 0 Å². The molecule has 1 saturated carbocycles. The molecule has 0 aliphatic heterocycles. The molecule has 18 heavy (non-hydrogen) atoms. The third-order valence-corrected chi connectivity index (χ3v) is 3.22. The van der Waals surface area contributed by atoms with Crippen LogP contribution in [0.4, 0.5) is 0 Å². The molecule has 0 saturated heterocycles. The smallest absolute Gasteiger partial charge is 0.291 e. The highest BCUT2D eigenvalue weighted by Crippen LogP contribution is 2.24. The summed E-state index contributed by atoms with van der Waals surface area (Å²) in [6, 6.07) is 2.17. The summed E-state index contributed by atoms with van der Waals surface area (Å²) >= 11 is 0. The van der Waals surface area contributed by atoms with Gasteiger partial charge in [0.05, 0.1) is 12.0 Å². The minimum atomic E-state index is -0.291. The van der Waals surface area contributed by atoms with Crippen LogP contribution in [0.2, 0.25) is 0 Å². The minimum Gasteiger partial charge on any atom is -0.345 e. The van der Waals surface area contributed by atoms with Gasteiger partial charge in [-0.1, -0.05) is 6.92 Å². The van der Waals surface area contributed by atoms with Crippen molar-refractivity contribution in [2.45, 2.75) is 45.1 Å². The number of nitrogens with one attached hydrogen (secondary N) is 2. The van der Waals surface area contributed by atoms with Crippen molar-refractivity contribution in [1.82, 2.24) is 20.5 Å². The van der Waals surface area contributed by atoms with Gasteiger partial charge in [-0.2, -0.15) is 5.26 Å². The quantitative estimate of drug-likeness (QED) is 0.835. The maximum atomic E-state index is 11.9. The van der Waals surface area contributed by atoms with E-state index in [9.17, 15) is 4.79 Å². The van der Waals surface area contributed by atoms with Crippen LogP contribution in [0.15, 0.2) is 0 Å². The maximum Gasteiger partial charge on any atom is 0.291 e. The fourth-order valence-corrected chi connectivity index (χ4v) is 2.27. The first-order valence-electron chi connectivity index (χ1n) is 6.36. The first-order chi connectivity index (χ1) is 8.74. The molecule has 96 valence electrons. The molecule has 1 aromatic rings. The van der Waals surface area contributed by atoms with Gasteiger partial charge in [0, 0.05) is 12.5 Å². The molecule has 1 amide bonds. The summed E-state index contributed by atoms with van der Waals surface area (Å²) in [4.78, 5) is 16.0. The molecule has 6 nitrogen and oxygen atoms in total. The number of carbonyl (C=O) groups excluding carboxylic acids is 1. The lowest BCUT2D eigenvalue weighted by Crippen LogP contribution is -2.37. The van der Waals surface area contributed by atoms with Crippen LogP contribution in [0.25, 0.3) is 0 Å². The van der Waals surface area contributed by atoms with E-state index in [1.165, 1.54) is 0 Å². The highest BCUT2D eigenvalue weighted by atomic mass is 16.2. The molecular formula is C12H17N5O. The second-order valence-electron chi connectivity index (χ2n) is 4.60. The summed E-state index contributed by atoms with van der Waals surface area (Å²) < 4.78 is 0. The zero-order chi connectivity index (χ0) is 13.0. The first kappa shape index (κ1) is 12.6. The largest absolute Gasteiger partial charge is 0.345 e. The number of aromatic amines is 1. The van der Waals surface area contributed by atoms with E-state index in [1.807, 2.05) is 6.92 Å². The standard InChI is InChI=1S/C12H17N5O/c1-2-4-10-15-11(17-16-10)12(18)14-9-6-3-5-8(9)7-13/h8-9H,2-6H2,1H3,(H,14,18)(H,15,16,17). The average Bonchev–Trinajstić information content (AvgIpc) is 2.98. The predicted octanol–water partition coefficient (Wildman–Crippen LogP) is 1.18. The van der Waals surface area contributed by atoms with Gasteiger partial charge in [0.2, 0.25) is 5.82 Å². The number of nitrogens with zero attached hydrogens (tertiary/aromatic N) is 3. The lowest BCUT2D eigenvalue weighted by atomic mass is 10.1. The summed E-state index contributed by atoms with van der Waals surface area (Å²) in [6.45, 7) is 2.04. The molecule has 1 fully saturated rings. The molecule has 0 aromatic carbocycles. The van der Waals surface area contributed by atoms with Gasteiger partial charge in [0.25, 0.3) is 5.91 Å². The molecule has 1 aliphatic rings. The first-order valence-corrected chi connectivity index (χ1v) is 6.36. The number of rotatable bonds is 4. The zero-order valence-electron chi connectivity index (χ0n) is 10.4. The molecule has 6 heteroatoms. The monoisotopic (exact) mass is 247 g/mol. The Kier molecular flexibility index (Phi) is 3.92. The summed E-state index contributed by atoms with van der Waals surface area (Å²) in [5.74, 6) is 0.525. The molecule has 1 heterocycles. The molecule has 0 radical (unpaired) electrons. The number of hydrogen-bond donors (Lipinski definition) is 2. The van der Waals surface area contributed by atoms with Crippen LogP contribution >= 0.6 is 0 Å². The van der Waals surface area contributed by atoms with Crippen LogP contribution in [0.1, 0.15) is 49.1 Å². The normalized spacial score (nSPS) is 22.7. The Hall–Kier alpha value is -1.90. The van der Waals surface area contributed by atoms with Gasteiger partial charge in [-0.3, -0.25) is 9.89 Å². The van der Waals surface area contributed by atoms with Crippen LogP contribution in [0, 0.1) is 17.2 Å². The lowest BCUT2D eigenvalue weighted by Gasteiger charge is -2.13. The Morgan fingerprint density at radius 1 is 1.61 bits per heavy atom. The Morgan fingerprint density at radius 2 is 2.44 bits per heavy atom. The van der Waals surface area contributed by atoms with E-state index in [0.717, 1.165) is 37.9 Å². The predicted molar refractivity (Wildman–Crippen MR) is 64.6 cm³/mol. The topological polar surface area (TPSA) is 94.5 Å². The fraction of sp³-hybridized carbons (Fsp3) is 0.667. The van der Waals surface area contributed by atoms with Gasteiger partial charge in [-0.05, 0) is 25.7 Å². The van der Waals surface area contributed by atoms with E-state index in [0.29, 0.717) is 0 Å². The fourth-order valence-electron chi connectivity index (χ4n) is 2.27. The van der Waals surface area contributed by atoms with Gasteiger partial charge >= 0.3 is 0 Å². The van der Waals surface area contributed by atoms with Crippen molar-refractivity contribution in [1.29, 1.82) is 5.26 Å². The van der Waals surface area contributed by atoms with Crippen molar-refractivity contribution in [3.05, 3.63) is 11.6 Å². The number of carbonyl (C=O) groups is 1. The average molecular weight is 247 g/mol. The Morgan fingerprint density at radius 3 is 3.17 bits per heavy atom. The van der Waals surface area contributed by atoms with E-state index in [-0.39, 0.29) is 23.7 Å². The number of H-pyrrole nitrogens is 1. The van der Waals surface area contributed by atoms with Gasteiger partial charge in [0.15, 0.2) is 0 Å². The van der Waals surface area contributed by atoms with Crippen molar-refractivity contribution in [2.75, 3.05) is 0 Å². The highest BCUT2D eigenvalue weighted by Gasteiger charge is 2.29. The van der Waals surface area contributed by atoms with E-state index < -0.39 is 0 Å². The van der Waals surface area contributed by atoms with E-state index in [1.54, 1.807) is 0 Å². The zero-order valence-corrected chi connectivity index (χ0v) is 10.4. The molecule has 1 aromatic heterocycles. The van der Waals surface area contributed by atoms with Crippen molar-refractivity contribution in [3.63, 3.8) is 0 Å².